The lowest BCUT2D eigenvalue weighted by molar-refractivity contribution is -0.146. The first-order valence-corrected chi connectivity index (χ1v) is 10.8. The molecular weight excluding hydrogens is 603 g/mol. The fourth-order valence-electron chi connectivity index (χ4n) is 3.71. The van der Waals surface area contributed by atoms with Crippen molar-refractivity contribution in [2.24, 2.45) is 0 Å². The molecule has 2 atom stereocenters. The molecule has 6 nitrogen and oxygen atoms in total. The molecule has 42 heavy (non-hydrogen) atoms. The van der Waals surface area contributed by atoms with Crippen molar-refractivity contribution in [3.8, 4) is 17.2 Å². The molecule has 0 heterocycles. The lowest BCUT2D eigenvalue weighted by Gasteiger charge is -2.38. The third-order valence-electron chi connectivity index (χ3n) is 5.80. The third-order valence-corrected chi connectivity index (χ3v) is 5.80. The summed E-state index contributed by atoms with van der Waals surface area (Å²) in [5, 5.41) is 18.6. The molecule has 0 bridgehead atoms. The van der Waals surface area contributed by atoms with Gasteiger partial charge in [-0.15, -0.1) is 0 Å². The standard InChI is InChI=1S/C25H10F11NO5/c26-9-5-8(11(27)15(31)12(9)28)10-13(29)22(35)25(23(36)14(10)30,41-7-3-1-6(2-4-7)24(39)40)42-21-17(33)16(32)19(37)20(38)18(21)34/h1-5,22,38H,37H2,(H,39,40). The maximum atomic E-state index is 15.8. The fourth-order valence-corrected chi connectivity index (χ4v) is 3.71. The van der Waals surface area contributed by atoms with E-state index < -0.39 is 116 Å². The van der Waals surface area contributed by atoms with Crippen LogP contribution in [0.1, 0.15) is 15.9 Å². The molecule has 0 saturated carbocycles. The average molecular weight is 613 g/mol. The van der Waals surface area contributed by atoms with Gasteiger partial charge < -0.3 is 25.4 Å². The van der Waals surface area contributed by atoms with Gasteiger partial charge in [0, 0.05) is 5.56 Å². The molecule has 0 fully saturated rings. The molecule has 222 valence electrons. The van der Waals surface area contributed by atoms with Gasteiger partial charge in [-0.05, 0) is 30.3 Å². The number of nitrogens with two attached hydrogens (primary N) is 1. The average Bonchev–Trinajstić information content (AvgIpc) is 2.96. The molecule has 4 N–H and O–H groups in total. The number of phenolic OH excluding ortho intramolecular Hbond substituents is 1. The zero-order chi connectivity index (χ0) is 31.4. The van der Waals surface area contributed by atoms with Crippen LogP contribution in [0, 0.1) is 40.7 Å². The second-order valence-corrected chi connectivity index (χ2v) is 8.30. The van der Waals surface area contributed by atoms with Crippen LogP contribution >= 0.6 is 0 Å². The summed E-state index contributed by atoms with van der Waals surface area (Å²) in [5.41, 5.74) is -1.17. The van der Waals surface area contributed by atoms with E-state index in [2.05, 4.69) is 4.74 Å². The normalized spacial score (nSPS) is 18.9. The number of phenols is 1. The summed E-state index contributed by atoms with van der Waals surface area (Å²) in [6.07, 6.45) is -4.01. The van der Waals surface area contributed by atoms with Gasteiger partial charge in [0.2, 0.25) is 29.4 Å². The van der Waals surface area contributed by atoms with Gasteiger partial charge >= 0.3 is 11.8 Å². The molecule has 0 saturated heterocycles. The van der Waals surface area contributed by atoms with Crippen molar-refractivity contribution in [3.05, 3.63) is 99.7 Å². The first-order valence-electron chi connectivity index (χ1n) is 10.8. The molecule has 0 spiro atoms. The van der Waals surface area contributed by atoms with Crippen LogP contribution in [0.15, 0.2) is 47.8 Å². The van der Waals surface area contributed by atoms with Crippen LogP contribution in [-0.2, 0) is 0 Å². The first-order chi connectivity index (χ1) is 19.5. The van der Waals surface area contributed by atoms with Crippen molar-refractivity contribution in [2.75, 3.05) is 5.73 Å². The highest BCUT2D eigenvalue weighted by molar-refractivity contribution is 5.87. The molecule has 0 aliphatic heterocycles. The minimum absolute atomic E-state index is 0.367. The number of carboxylic acid groups (broad SMARTS) is 1. The number of halogens is 11. The Kier molecular flexibility index (Phi) is 7.47. The van der Waals surface area contributed by atoms with Crippen molar-refractivity contribution >= 4 is 17.2 Å². The van der Waals surface area contributed by atoms with E-state index in [0.717, 1.165) is 0 Å². The molecule has 3 aromatic rings. The zero-order valence-corrected chi connectivity index (χ0v) is 19.8. The van der Waals surface area contributed by atoms with Gasteiger partial charge in [-0.3, -0.25) is 0 Å². The minimum Gasteiger partial charge on any atom is -0.503 e. The Labute approximate surface area is 225 Å². The molecular formula is C25H10F11NO5. The molecule has 0 aromatic heterocycles. The lowest BCUT2D eigenvalue weighted by atomic mass is 9.91. The van der Waals surface area contributed by atoms with Gasteiger partial charge in [0.05, 0.1) is 11.1 Å². The lowest BCUT2D eigenvalue weighted by Crippen LogP contribution is -2.54. The maximum absolute atomic E-state index is 15.8. The van der Waals surface area contributed by atoms with Crippen LogP contribution in [-0.4, -0.2) is 28.1 Å². The van der Waals surface area contributed by atoms with Crippen LogP contribution in [0.4, 0.5) is 54.0 Å². The van der Waals surface area contributed by atoms with Gasteiger partial charge in [0.25, 0.3) is 0 Å². The number of aromatic carboxylic acids is 1. The molecule has 1 aliphatic rings. The van der Waals surface area contributed by atoms with E-state index in [1.807, 2.05) is 0 Å². The molecule has 4 rings (SSSR count). The van der Waals surface area contributed by atoms with E-state index in [0.29, 0.717) is 24.3 Å². The Morgan fingerprint density at radius 1 is 0.810 bits per heavy atom. The molecule has 17 heteroatoms. The second kappa shape index (κ2) is 10.5. The van der Waals surface area contributed by atoms with Crippen LogP contribution in [0.5, 0.6) is 17.2 Å². The number of ether oxygens (including phenoxy) is 2. The van der Waals surface area contributed by atoms with Gasteiger partial charge in [-0.2, -0.15) is 13.2 Å². The number of carboxylic acids is 1. The number of hydrogen-bond donors (Lipinski definition) is 3. The van der Waals surface area contributed by atoms with E-state index in [1.165, 1.54) is 0 Å². The van der Waals surface area contributed by atoms with E-state index in [1.54, 1.807) is 0 Å². The van der Waals surface area contributed by atoms with E-state index in [9.17, 15) is 40.6 Å². The molecule has 0 radical (unpaired) electrons. The Morgan fingerprint density at radius 3 is 1.98 bits per heavy atom. The number of nitrogen functional groups attached to an aromatic ring is 1. The summed E-state index contributed by atoms with van der Waals surface area (Å²) in [6.45, 7) is 0. The Hall–Kier alpha value is -4.96. The van der Waals surface area contributed by atoms with Crippen molar-refractivity contribution < 1.29 is 72.8 Å². The topological polar surface area (TPSA) is 102 Å². The number of rotatable bonds is 6. The van der Waals surface area contributed by atoms with Gasteiger partial charge in [-0.25, -0.2) is 39.9 Å². The molecule has 3 aromatic carbocycles. The number of carbonyl (C=O) groups is 1. The summed E-state index contributed by atoms with van der Waals surface area (Å²) in [6, 6.07) is 2.29. The van der Waals surface area contributed by atoms with E-state index in [-0.39, 0.29) is 6.07 Å². The van der Waals surface area contributed by atoms with Crippen LogP contribution in [0.2, 0.25) is 0 Å². The number of benzene rings is 3. The predicted molar refractivity (Wildman–Crippen MR) is 118 cm³/mol. The fraction of sp³-hybridized carbons (Fsp3) is 0.0800. The SMILES string of the molecule is Nc1c(O)c(F)c(OC2(Oc3ccc(C(=O)O)cc3)C(F)=C(F)C(c3cc(F)c(F)c(F)c3F)=C(F)C2F)c(F)c1F. The molecule has 1 aliphatic carbocycles. The Balaban J connectivity index is 1.99. The van der Waals surface area contributed by atoms with Crippen LogP contribution in [0.3, 0.4) is 0 Å². The monoisotopic (exact) mass is 613 g/mol. The van der Waals surface area contributed by atoms with Crippen molar-refractivity contribution in [3.63, 3.8) is 0 Å². The minimum atomic E-state index is -4.41. The second-order valence-electron chi connectivity index (χ2n) is 8.30. The number of aromatic hydroxyl groups is 1. The number of allylic oxidation sites excluding steroid dienone is 2. The maximum Gasteiger partial charge on any atom is 0.346 e. The smallest absolute Gasteiger partial charge is 0.346 e. The number of alkyl halides is 1. The van der Waals surface area contributed by atoms with Crippen LogP contribution in [0.25, 0.3) is 5.57 Å². The molecule has 0 amide bonds. The van der Waals surface area contributed by atoms with Gasteiger partial charge in [0.1, 0.15) is 11.4 Å². The van der Waals surface area contributed by atoms with Crippen molar-refractivity contribution in [1.82, 2.24) is 0 Å². The summed E-state index contributed by atoms with van der Waals surface area (Å²) in [7, 11) is 0. The summed E-state index contributed by atoms with van der Waals surface area (Å²) in [4.78, 5) is 11.1. The highest BCUT2D eigenvalue weighted by atomic mass is 19.2. The zero-order valence-electron chi connectivity index (χ0n) is 19.8. The highest BCUT2D eigenvalue weighted by Gasteiger charge is 2.59. The highest BCUT2D eigenvalue weighted by Crippen LogP contribution is 2.50. The Bertz CT molecular complexity index is 1680. The quantitative estimate of drug-likeness (QED) is 0.0716. The predicted octanol–water partition coefficient (Wildman–Crippen LogP) is 6.68. The number of hydrogen-bond acceptors (Lipinski definition) is 5. The van der Waals surface area contributed by atoms with E-state index >= 15 is 17.6 Å². The van der Waals surface area contributed by atoms with E-state index in [4.69, 9.17) is 15.6 Å². The van der Waals surface area contributed by atoms with Gasteiger partial charge in [-0.1, -0.05) is 0 Å². The van der Waals surface area contributed by atoms with Crippen molar-refractivity contribution in [1.29, 1.82) is 0 Å². The summed E-state index contributed by atoms with van der Waals surface area (Å²) in [5.74, 6) is -36.4. The van der Waals surface area contributed by atoms with Crippen LogP contribution < -0.4 is 15.2 Å². The van der Waals surface area contributed by atoms with Gasteiger partial charge in [0.15, 0.2) is 46.5 Å². The third kappa shape index (κ3) is 4.50. The number of anilines is 1. The Morgan fingerprint density at radius 2 is 1.40 bits per heavy atom. The largest absolute Gasteiger partial charge is 0.503 e. The summed E-state index contributed by atoms with van der Waals surface area (Å²) >= 11 is 0. The summed E-state index contributed by atoms with van der Waals surface area (Å²) < 4.78 is 170. The first kappa shape index (κ1) is 30.0. The molecule has 2 unspecified atom stereocenters. The van der Waals surface area contributed by atoms with Crippen molar-refractivity contribution in [2.45, 2.75) is 12.0 Å².